The molecule has 2 aliphatic rings. The lowest BCUT2D eigenvalue weighted by molar-refractivity contribution is -0.200. The third-order valence-electron chi connectivity index (χ3n) is 11.6. The van der Waals surface area contributed by atoms with Crippen LogP contribution in [0.3, 0.4) is 0 Å². The number of ether oxygens (including phenoxy) is 4. The van der Waals surface area contributed by atoms with Gasteiger partial charge < -0.3 is 34.1 Å². The van der Waals surface area contributed by atoms with E-state index >= 15 is 0 Å². The zero-order valence-corrected chi connectivity index (χ0v) is 31.7. The van der Waals surface area contributed by atoms with Crippen molar-refractivity contribution >= 4 is 27.5 Å². The summed E-state index contributed by atoms with van der Waals surface area (Å²) in [5.74, 6) is -1.37. The van der Waals surface area contributed by atoms with Crippen LogP contribution in [-0.2, 0) is 36.6 Å². The monoisotopic (exact) mass is 712 g/mol. The van der Waals surface area contributed by atoms with E-state index in [1.54, 1.807) is 26.4 Å². The van der Waals surface area contributed by atoms with Gasteiger partial charge in [0.25, 0.3) is 0 Å². The highest BCUT2D eigenvalue weighted by molar-refractivity contribution is 6.07. The van der Waals surface area contributed by atoms with Crippen molar-refractivity contribution in [1.29, 1.82) is 0 Å². The number of esters is 1. The Morgan fingerprint density at radius 2 is 1.69 bits per heavy atom. The first-order valence-corrected chi connectivity index (χ1v) is 18.9. The SMILES string of the molecule is CC[C@H]1OC(=O)[C@H](C)[C@H](OCCCc2cnc[nH]2)[C@H](C)[C@@H](O)[C@@]2(C)CC(C)=C(O2)[C@H](C)[C@@H](OCCc2ccc3ccc4ccccc4c3c2)[C@@]1(C)O. The third-order valence-corrected chi connectivity index (χ3v) is 11.6. The molecule has 0 saturated carbocycles. The summed E-state index contributed by atoms with van der Waals surface area (Å²) in [7, 11) is 0. The van der Waals surface area contributed by atoms with Gasteiger partial charge in [-0.1, -0.05) is 75.4 Å². The Kier molecular flexibility index (Phi) is 11.5. The van der Waals surface area contributed by atoms with E-state index in [4.69, 9.17) is 18.9 Å². The normalized spacial score (nSPS) is 31.6. The molecule has 52 heavy (non-hydrogen) atoms. The van der Waals surface area contributed by atoms with Crippen molar-refractivity contribution in [2.75, 3.05) is 13.2 Å². The highest BCUT2D eigenvalue weighted by Crippen LogP contribution is 2.45. The Hall–Kier alpha value is -3.76. The molecule has 0 unspecified atom stereocenters. The molecule has 9 heteroatoms. The number of aliphatic hydroxyl groups excluding tert-OH is 1. The quantitative estimate of drug-likeness (QED) is 0.0880. The van der Waals surface area contributed by atoms with E-state index < -0.39 is 59.3 Å². The van der Waals surface area contributed by atoms with Crippen molar-refractivity contribution in [1.82, 2.24) is 9.97 Å². The lowest BCUT2D eigenvalue weighted by atomic mass is 9.79. The van der Waals surface area contributed by atoms with E-state index in [1.807, 2.05) is 34.6 Å². The largest absolute Gasteiger partial charge is 0.489 e. The summed E-state index contributed by atoms with van der Waals surface area (Å²) < 4.78 is 26.0. The standard InChI is InChI=1S/C43H56N2O7/c1-8-36-43(7,48)40(50-21-19-30-15-16-32-18-17-31-12-9-10-14-34(31)35(32)22-30)28(4)37-26(2)23-42(6,52-37)39(46)27(3)38(29(5)41(47)51-36)49-20-11-13-33-24-44-25-45-33/h9-10,12,14-18,22,24-25,27-29,36,38-40,46,48H,8,11,13,19-21,23H2,1-7H3,(H,44,45)/t27-,28-,29+,36+,38+,39+,40+,42+,43-/m0/s1. The van der Waals surface area contributed by atoms with Crippen LogP contribution in [0.2, 0.25) is 0 Å². The first kappa shape index (κ1) is 38.0. The van der Waals surface area contributed by atoms with E-state index in [0.717, 1.165) is 23.3 Å². The maximum Gasteiger partial charge on any atom is 0.311 e. The molecule has 0 aliphatic carbocycles. The van der Waals surface area contributed by atoms with E-state index in [9.17, 15) is 15.0 Å². The third kappa shape index (κ3) is 7.65. The molecule has 3 aromatic carbocycles. The number of fused-ring (bicyclic) bond motifs is 5. The number of benzene rings is 3. The minimum absolute atomic E-state index is 0.333. The maximum atomic E-state index is 13.9. The van der Waals surface area contributed by atoms with Gasteiger partial charge in [-0.2, -0.15) is 0 Å². The number of aromatic amines is 1. The number of nitrogens with one attached hydrogen (secondary N) is 1. The molecule has 3 N–H and O–H groups in total. The molecule has 2 bridgehead atoms. The number of hydrogen-bond donors (Lipinski definition) is 3. The number of hydrogen-bond acceptors (Lipinski definition) is 8. The van der Waals surface area contributed by atoms with Gasteiger partial charge in [0.1, 0.15) is 23.1 Å². The number of nitrogens with zero attached hydrogens (tertiary/aromatic N) is 1. The number of H-pyrrole nitrogens is 1. The number of aliphatic hydroxyl groups is 2. The van der Waals surface area contributed by atoms with Crippen molar-refractivity contribution in [3.63, 3.8) is 0 Å². The van der Waals surface area contributed by atoms with Gasteiger partial charge in [-0.05, 0) is 86.1 Å². The first-order valence-electron chi connectivity index (χ1n) is 18.9. The highest BCUT2D eigenvalue weighted by Gasteiger charge is 2.53. The summed E-state index contributed by atoms with van der Waals surface area (Å²) in [6.45, 7) is 13.9. The molecule has 0 radical (unpaired) electrons. The van der Waals surface area contributed by atoms with Crippen LogP contribution in [0.25, 0.3) is 21.5 Å². The Morgan fingerprint density at radius 3 is 2.42 bits per heavy atom. The number of cyclic esters (lactones) is 1. The average molecular weight is 713 g/mol. The molecule has 1 aromatic heterocycles. The number of carbonyl (C=O) groups excluding carboxylic acids is 1. The van der Waals surface area contributed by atoms with Gasteiger partial charge in [0.15, 0.2) is 0 Å². The molecule has 2 aliphatic heterocycles. The number of carbonyl (C=O) groups is 1. The molecule has 9 nitrogen and oxygen atoms in total. The predicted octanol–water partition coefficient (Wildman–Crippen LogP) is 7.47. The molecule has 9 atom stereocenters. The molecule has 6 rings (SSSR count). The lowest BCUT2D eigenvalue weighted by Gasteiger charge is -2.42. The fraction of sp³-hybridized carbons (Fsp3) is 0.535. The van der Waals surface area contributed by atoms with Crippen molar-refractivity contribution in [2.45, 2.75) is 116 Å². The van der Waals surface area contributed by atoms with Crippen LogP contribution >= 0.6 is 0 Å². The van der Waals surface area contributed by atoms with Crippen LogP contribution in [-0.4, -0.2) is 75.0 Å². The zero-order valence-electron chi connectivity index (χ0n) is 31.7. The summed E-state index contributed by atoms with van der Waals surface area (Å²) in [6, 6.07) is 19.2. The first-order chi connectivity index (χ1) is 24.8. The van der Waals surface area contributed by atoms with E-state index in [2.05, 4.69) is 64.6 Å². The summed E-state index contributed by atoms with van der Waals surface area (Å²) in [5, 5.41) is 29.2. The van der Waals surface area contributed by atoms with Crippen LogP contribution in [0, 0.1) is 17.8 Å². The maximum absolute atomic E-state index is 13.9. The predicted molar refractivity (Wildman–Crippen MR) is 203 cm³/mol. The van der Waals surface area contributed by atoms with Gasteiger partial charge in [-0.3, -0.25) is 4.79 Å². The van der Waals surface area contributed by atoms with Gasteiger partial charge in [-0.25, -0.2) is 4.98 Å². The van der Waals surface area contributed by atoms with E-state index in [-0.39, 0.29) is 0 Å². The second kappa shape index (κ2) is 15.7. The van der Waals surface area contributed by atoms with Crippen molar-refractivity contribution < 1.29 is 34.0 Å². The second-order valence-corrected chi connectivity index (χ2v) is 15.6. The molecule has 0 amide bonds. The smallest absolute Gasteiger partial charge is 0.311 e. The fourth-order valence-corrected chi connectivity index (χ4v) is 8.67. The van der Waals surface area contributed by atoms with Gasteiger partial charge >= 0.3 is 5.97 Å². The van der Waals surface area contributed by atoms with Gasteiger partial charge in [-0.15, -0.1) is 0 Å². The minimum Gasteiger partial charge on any atom is -0.489 e. The Balaban J connectivity index is 1.26. The minimum atomic E-state index is -1.57. The molecular weight excluding hydrogens is 656 g/mol. The van der Waals surface area contributed by atoms with E-state index in [1.165, 1.54) is 21.5 Å². The van der Waals surface area contributed by atoms with Crippen molar-refractivity contribution in [3.8, 4) is 0 Å². The van der Waals surface area contributed by atoms with Crippen LogP contribution in [0.4, 0.5) is 0 Å². The molecule has 3 heterocycles. The van der Waals surface area contributed by atoms with Crippen LogP contribution in [0.5, 0.6) is 0 Å². The number of aryl methyl sites for hydroxylation is 1. The van der Waals surface area contributed by atoms with Crippen molar-refractivity contribution in [2.24, 2.45) is 17.8 Å². The Morgan fingerprint density at radius 1 is 0.962 bits per heavy atom. The van der Waals surface area contributed by atoms with E-state index in [0.29, 0.717) is 44.7 Å². The molecule has 280 valence electrons. The summed E-state index contributed by atoms with van der Waals surface area (Å²) >= 11 is 0. The van der Waals surface area contributed by atoms with Crippen LogP contribution in [0.1, 0.15) is 79.0 Å². The lowest BCUT2D eigenvalue weighted by Crippen LogP contribution is -2.56. The summed E-state index contributed by atoms with van der Waals surface area (Å²) in [6.07, 6.45) is 3.14. The van der Waals surface area contributed by atoms with Crippen molar-refractivity contribution in [3.05, 3.63) is 89.7 Å². The van der Waals surface area contributed by atoms with Crippen LogP contribution < -0.4 is 0 Å². The molecule has 0 spiro atoms. The number of rotatable bonds is 10. The average Bonchev–Trinajstić information content (AvgIpc) is 3.77. The topological polar surface area (TPSA) is 123 Å². The van der Waals surface area contributed by atoms with Crippen LogP contribution in [0.15, 0.2) is 78.5 Å². The Labute approximate surface area is 307 Å². The zero-order chi connectivity index (χ0) is 37.2. The van der Waals surface area contributed by atoms with Gasteiger partial charge in [0, 0.05) is 36.8 Å². The second-order valence-electron chi connectivity index (χ2n) is 15.6. The van der Waals surface area contributed by atoms with Gasteiger partial charge in [0.2, 0.25) is 0 Å². The van der Waals surface area contributed by atoms with Gasteiger partial charge in [0.05, 0.1) is 37.2 Å². The highest BCUT2D eigenvalue weighted by atomic mass is 16.6. The molecule has 1 fully saturated rings. The number of aromatic nitrogens is 2. The number of imidazole rings is 1. The molecule has 4 aromatic rings. The Bertz CT molecular complexity index is 1870. The fourth-order valence-electron chi connectivity index (χ4n) is 8.67. The summed E-state index contributed by atoms with van der Waals surface area (Å²) in [4.78, 5) is 21.1. The molecule has 1 saturated heterocycles. The summed E-state index contributed by atoms with van der Waals surface area (Å²) in [5.41, 5.74) is 0.596. The molecular formula is C43H56N2O7.